The van der Waals surface area contributed by atoms with Crippen molar-refractivity contribution in [1.82, 2.24) is 14.9 Å². The van der Waals surface area contributed by atoms with Crippen LogP contribution in [0.15, 0.2) is 42.7 Å². The van der Waals surface area contributed by atoms with Crippen molar-refractivity contribution in [2.45, 2.75) is 18.9 Å². The van der Waals surface area contributed by atoms with E-state index in [1.54, 1.807) is 4.90 Å². The van der Waals surface area contributed by atoms with Gasteiger partial charge in [-0.15, -0.1) is 0 Å². The number of amides is 1. The molecule has 1 aliphatic rings. The molecule has 7 heteroatoms. The third-order valence-electron chi connectivity index (χ3n) is 3.71. The SMILES string of the molecule is O=C(COc1ccccc1)N1CCCC(Oc2ncc(Cl)cn2)C1. The number of aromatic nitrogens is 2. The van der Waals surface area contributed by atoms with Crippen molar-refractivity contribution in [3.8, 4) is 11.8 Å². The fraction of sp³-hybridized carbons (Fsp3) is 0.353. The van der Waals surface area contributed by atoms with Gasteiger partial charge in [0, 0.05) is 6.54 Å². The van der Waals surface area contributed by atoms with Crippen molar-refractivity contribution in [1.29, 1.82) is 0 Å². The number of rotatable bonds is 5. The van der Waals surface area contributed by atoms with E-state index in [1.165, 1.54) is 12.4 Å². The Morgan fingerprint density at radius 3 is 2.75 bits per heavy atom. The van der Waals surface area contributed by atoms with Crippen LogP contribution >= 0.6 is 11.6 Å². The minimum absolute atomic E-state index is 0.0220. The molecule has 1 amide bonds. The maximum Gasteiger partial charge on any atom is 0.316 e. The molecule has 1 aromatic carbocycles. The van der Waals surface area contributed by atoms with Crippen molar-refractivity contribution in [2.75, 3.05) is 19.7 Å². The lowest BCUT2D eigenvalue weighted by atomic mass is 10.1. The Bertz CT molecular complexity index is 667. The van der Waals surface area contributed by atoms with E-state index in [2.05, 4.69) is 9.97 Å². The predicted octanol–water partition coefficient (Wildman–Crippen LogP) is 2.58. The van der Waals surface area contributed by atoms with Crippen LogP contribution in [0.1, 0.15) is 12.8 Å². The molecule has 2 heterocycles. The predicted molar refractivity (Wildman–Crippen MR) is 89.2 cm³/mol. The van der Waals surface area contributed by atoms with Crippen LogP contribution in [0.25, 0.3) is 0 Å². The summed E-state index contributed by atoms with van der Waals surface area (Å²) in [6, 6.07) is 9.58. The molecule has 0 spiro atoms. The smallest absolute Gasteiger partial charge is 0.316 e. The summed E-state index contributed by atoms with van der Waals surface area (Å²) in [4.78, 5) is 22.1. The third-order valence-corrected chi connectivity index (χ3v) is 3.90. The second-order valence-corrected chi connectivity index (χ2v) is 5.94. The Morgan fingerprint density at radius 1 is 1.25 bits per heavy atom. The molecule has 0 bridgehead atoms. The molecule has 126 valence electrons. The molecule has 0 N–H and O–H groups in total. The number of carbonyl (C=O) groups is 1. The van der Waals surface area contributed by atoms with Crippen LogP contribution in [0.3, 0.4) is 0 Å². The van der Waals surface area contributed by atoms with Crippen LogP contribution in [0.2, 0.25) is 5.02 Å². The highest BCUT2D eigenvalue weighted by atomic mass is 35.5. The van der Waals surface area contributed by atoms with E-state index < -0.39 is 0 Å². The summed E-state index contributed by atoms with van der Waals surface area (Å²) in [7, 11) is 0. The zero-order valence-corrected chi connectivity index (χ0v) is 13.9. The van der Waals surface area contributed by atoms with E-state index in [0.29, 0.717) is 23.9 Å². The van der Waals surface area contributed by atoms with Crippen LogP contribution in [0, 0.1) is 0 Å². The van der Waals surface area contributed by atoms with E-state index in [1.807, 2.05) is 30.3 Å². The molecule has 1 atom stereocenters. The zero-order chi connectivity index (χ0) is 16.8. The van der Waals surface area contributed by atoms with Crippen molar-refractivity contribution < 1.29 is 14.3 Å². The van der Waals surface area contributed by atoms with Gasteiger partial charge in [0.05, 0.1) is 24.0 Å². The number of piperidine rings is 1. The average Bonchev–Trinajstić information content (AvgIpc) is 2.63. The number of para-hydroxylation sites is 1. The average molecular weight is 348 g/mol. The molecule has 1 fully saturated rings. The molecule has 1 unspecified atom stereocenters. The molecule has 2 aromatic rings. The number of ether oxygens (including phenoxy) is 2. The van der Waals surface area contributed by atoms with Crippen molar-refractivity contribution in [3.05, 3.63) is 47.7 Å². The lowest BCUT2D eigenvalue weighted by Crippen LogP contribution is -2.46. The molecule has 1 saturated heterocycles. The maximum atomic E-state index is 12.3. The maximum absolute atomic E-state index is 12.3. The molecule has 0 saturated carbocycles. The fourth-order valence-corrected chi connectivity index (χ4v) is 2.62. The standard InChI is InChI=1S/C17H18ClN3O3/c18-13-9-19-17(20-10-13)24-15-7-4-8-21(11-15)16(22)12-23-14-5-2-1-3-6-14/h1-3,5-6,9-10,15H,4,7-8,11-12H2. The highest BCUT2D eigenvalue weighted by molar-refractivity contribution is 6.30. The topological polar surface area (TPSA) is 64.5 Å². The largest absolute Gasteiger partial charge is 0.484 e. The number of likely N-dealkylation sites (tertiary alicyclic amines) is 1. The van der Waals surface area contributed by atoms with Crippen LogP contribution in [-0.2, 0) is 4.79 Å². The molecular weight excluding hydrogens is 330 g/mol. The molecule has 1 aliphatic heterocycles. The first-order chi connectivity index (χ1) is 11.7. The van der Waals surface area contributed by atoms with Gasteiger partial charge in [-0.2, -0.15) is 0 Å². The first kappa shape index (κ1) is 16.5. The van der Waals surface area contributed by atoms with Crippen molar-refractivity contribution in [2.24, 2.45) is 0 Å². The van der Waals surface area contributed by atoms with E-state index >= 15 is 0 Å². The minimum atomic E-state index is -0.124. The van der Waals surface area contributed by atoms with Gasteiger partial charge in [-0.25, -0.2) is 9.97 Å². The number of halogens is 1. The second-order valence-electron chi connectivity index (χ2n) is 5.51. The van der Waals surface area contributed by atoms with Crippen molar-refractivity contribution in [3.63, 3.8) is 0 Å². The summed E-state index contributed by atoms with van der Waals surface area (Å²) in [6.45, 7) is 1.23. The van der Waals surface area contributed by atoms with Gasteiger partial charge < -0.3 is 14.4 Å². The van der Waals surface area contributed by atoms with Crippen LogP contribution in [-0.4, -0.2) is 46.6 Å². The summed E-state index contributed by atoms with van der Waals surface area (Å²) < 4.78 is 11.3. The van der Waals surface area contributed by atoms with E-state index in [-0.39, 0.29) is 24.6 Å². The number of hydrogen-bond donors (Lipinski definition) is 0. The minimum Gasteiger partial charge on any atom is -0.484 e. The first-order valence-electron chi connectivity index (χ1n) is 7.80. The highest BCUT2D eigenvalue weighted by Crippen LogP contribution is 2.17. The Labute approximate surface area is 145 Å². The lowest BCUT2D eigenvalue weighted by molar-refractivity contribution is -0.136. The molecule has 6 nitrogen and oxygen atoms in total. The number of nitrogens with zero attached hydrogens (tertiary/aromatic N) is 3. The fourth-order valence-electron chi connectivity index (χ4n) is 2.52. The van der Waals surface area contributed by atoms with Gasteiger partial charge in [0.2, 0.25) is 0 Å². The van der Waals surface area contributed by atoms with E-state index in [9.17, 15) is 4.79 Å². The number of hydrogen-bond acceptors (Lipinski definition) is 5. The molecule has 0 aliphatic carbocycles. The molecule has 0 radical (unpaired) electrons. The number of benzene rings is 1. The summed E-state index contributed by atoms with van der Waals surface area (Å²) in [5, 5.41) is 0.459. The normalized spacial score (nSPS) is 17.4. The van der Waals surface area contributed by atoms with Gasteiger partial charge in [-0.3, -0.25) is 4.79 Å². The Balaban J connectivity index is 1.51. The third kappa shape index (κ3) is 4.58. The van der Waals surface area contributed by atoms with E-state index in [4.69, 9.17) is 21.1 Å². The Kier molecular flexibility index (Phi) is 5.48. The highest BCUT2D eigenvalue weighted by Gasteiger charge is 2.25. The summed E-state index contributed by atoms with van der Waals surface area (Å²) in [5.41, 5.74) is 0. The summed E-state index contributed by atoms with van der Waals surface area (Å²) in [6.07, 6.45) is 4.58. The van der Waals surface area contributed by atoms with Gasteiger partial charge in [0.1, 0.15) is 11.9 Å². The van der Waals surface area contributed by atoms with Crippen LogP contribution in [0.5, 0.6) is 11.8 Å². The van der Waals surface area contributed by atoms with E-state index in [0.717, 1.165) is 12.8 Å². The number of carbonyl (C=O) groups excluding carboxylic acids is 1. The van der Waals surface area contributed by atoms with Crippen molar-refractivity contribution >= 4 is 17.5 Å². The zero-order valence-electron chi connectivity index (χ0n) is 13.1. The molecule has 3 rings (SSSR count). The van der Waals surface area contributed by atoms with Gasteiger partial charge >= 0.3 is 6.01 Å². The Morgan fingerprint density at radius 2 is 2.00 bits per heavy atom. The van der Waals surface area contributed by atoms with Gasteiger partial charge in [-0.1, -0.05) is 29.8 Å². The Hall–Kier alpha value is -2.34. The monoisotopic (exact) mass is 347 g/mol. The van der Waals surface area contributed by atoms with Crippen LogP contribution in [0.4, 0.5) is 0 Å². The van der Waals surface area contributed by atoms with Crippen LogP contribution < -0.4 is 9.47 Å². The first-order valence-corrected chi connectivity index (χ1v) is 8.18. The van der Waals surface area contributed by atoms with Gasteiger partial charge in [-0.05, 0) is 25.0 Å². The summed E-state index contributed by atoms with van der Waals surface area (Å²) in [5.74, 6) is 0.634. The lowest BCUT2D eigenvalue weighted by Gasteiger charge is -2.32. The van der Waals surface area contributed by atoms with Gasteiger partial charge in [0.15, 0.2) is 6.61 Å². The molecular formula is C17H18ClN3O3. The quantitative estimate of drug-likeness (QED) is 0.831. The second kappa shape index (κ2) is 7.97. The van der Waals surface area contributed by atoms with Gasteiger partial charge in [0.25, 0.3) is 5.91 Å². The molecule has 24 heavy (non-hydrogen) atoms. The molecule has 1 aromatic heterocycles. The summed E-state index contributed by atoms with van der Waals surface area (Å²) >= 11 is 5.76.